The molecule has 0 atom stereocenters. The summed E-state index contributed by atoms with van der Waals surface area (Å²) < 4.78 is 15.7. The van der Waals surface area contributed by atoms with E-state index in [0.717, 1.165) is 28.3 Å². The summed E-state index contributed by atoms with van der Waals surface area (Å²) in [5.74, 6) is 0.531. The van der Waals surface area contributed by atoms with Gasteiger partial charge in [-0.15, -0.1) is 0 Å². The fourth-order valence-corrected chi connectivity index (χ4v) is 2.90. The van der Waals surface area contributed by atoms with Gasteiger partial charge >= 0.3 is 11.9 Å². The molecule has 0 radical (unpaired) electrons. The van der Waals surface area contributed by atoms with Crippen molar-refractivity contribution in [1.29, 1.82) is 0 Å². The van der Waals surface area contributed by atoms with E-state index in [4.69, 9.17) is 14.2 Å². The van der Waals surface area contributed by atoms with Crippen molar-refractivity contribution in [2.24, 2.45) is 0 Å². The Morgan fingerprint density at radius 3 is 1.94 bits per heavy atom. The quantitative estimate of drug-likeness (QED) is 0.201. The summed E-state index contributed by atoms with van der Waals surface area (Å²) in [7, 11) is 0. The highest BCUT2D eigenvalue weighted by Gasteiger charge is 2.05. The molecule has 0 amide bonds. The van der Waals surface area contributed by atoms with Gasteiger partial charge in [0.15, 0.2) is 0 Å². The van der Waals surface area contributed by atoms with Gasteiger partial charge in [0.1, 0.15) is 24.7 Å². The van der Waals surface area contributed by atoms with Crippen LogP contribution in [0.4, 0.5) is 0 Å². The van der Waals surface area contributed by atoms with Crippen LogP contribution >= 0.6 is 0 Å². The molecule has 0 aliphatic heterocycles. The Bertz CT molecular complexity index is 1040. The van der Waals surface area contributed by atoms with Gasteiger partial charge in [0.25, 0.3) is 0 Å². The van der Waals surface area contributed by atoms with Crippen LogP contribution in [0.2, 0.25) is 0 Å². The third-order valence-electron chi connectivity index (χ3n) is 4.52. The largest absolute Gasteiger partial charge is 0.490 e. The topological polar surface area (TPSA) is 61.8 Å². The smallest absolute Gasteiger partial charge is 0.330 e. The van der Waals surface area contributed by atoms with E-state index in [2.05, 4.69) is 12.6 Å². The fraction of sp³-hybridized carbons (Fsp3) is 0.154. The lowest BCUT2D eigenvalue weighted by molar-refractivity contribution is -0.138. The summed E-state index contributed by atoms with van der Waals surface area (Å²) in [6, 6.07) is 23.4. The van der Waals surface area contributed by atoms with Crippen molar-refractivity contribution < 1.29 is 23.8 Å². The molecule has 3 aromatic carbocycles. The summed E-state index contributed by atoms with van der Waals surface area (Å²) in [6.45, 7) is 5.56. The van der Waals surface area contributed by atoms with Gasteiger partial charge < -0.3 is 14.2 Å². The SMILES string of the molecule is C=CC(=O)OCCOc1ccc(-c2cccc(-c3ccc(OC(=O)CC)cc3)c2)cc1. The van der Waals surface area contributed by atoms with Crippen LogP contribution in [0.1, 0.15) is 13.3 Å². The van der Waals surface area contributed by atoms with Gasteiger partial charge in [0, 0.05) is 12.5 Å². The lowest BCUT2D eigenvalue weighted by atomic mass is 9.99. The van der Waals surface area contributed by atoms with Crippen molar-refractivity contribution in [3.63, 3.8) is 0 Å². The molecule has 0 fully saturated rings. The van der Waals surface area contributed by atoms with E-state index in [1.54, 1.807) is 19.1 Å². The minimum Gasteiger partial charge on any atom is -0.490 e. The predicted molar refractivity (Wildman–Crippen MR) is 120 cm³/mol. The molecule has 0 N–H and O–H groups in total. The third kappa shape index (κ3) is 6.31. The maximum atomic E-state index is 11.4. The van der Waals surface area contributed by atoms with Gasteiger partial charge in [0.2, 0.25) is 0 Å². The van der Waals surface area contributed by atoms with Crippen molar-refractivity contribution in [3.8, 4) is 33.8 Å². The van der Waals surface area contributed by atoms with Crippen molar-refractivity contribution in [2.75, 3.05) is 13.2 Å². The highest BCUT2D eigenvalue weighted by atomic mass is 16.6. The molecule has 0 saturated heterocycles. The molecule has 0 bridgehead atoms. The van der Waals surface area contributed by atoms with Crippen LogP contribution in [0.25, 0.3) is 22.3 Å². The Morgan fingerprint density at radius 2 is 1.39 bits per heavy atom. The zero-order valence-corrected chi connectivity index (χ0v) is 17.4. The van der Waals surface area contributed by atoms with E-state index in [0.29, 0.717) is 17.9 Å². The molecule has 158 valence electrons. The molecule has 31 heavy (non-hydrogen) atoms. The van der Waals surface area contributed by atoms with Crippen molar-refractivity contribution in [2.45, 2.75) is 13.3 Å². The zero-order chi connectivity index (χ0) is 22.1. The first kappa shape index (κ1) is 21.8. The number of hydrogen-bond acceptors (Lipinski definition) is 5. The van der Waals surface area contributed by atoms with E-state index in [1.165, 1.54) is 0 Å². The fourth-order valence-electron chi connectivity index (χ4n) is 2.90. The molecule has 3 rings (SSSR count). The van der Waals surface area contributed by atoms with Crippen LogP contribution in [0, 0.1) is 0 Å². The number of ether oxygens (including phenoxy) is 3. The third-order valence-corrected chi connectivity index (χ3v) is 4.52. The average molecular weight is 416 g/mol. The molecule has 0 unspecified atom stereocenters. The number of hydrogen-bond donors (Lipinski definition) is 0. The number of rotatable bonds is 9. The molecule has 0 aliphatic carbocycles. The summed E-state index contributed by atoms with van der Waals surface area (Å²) in [5.41, 5.74) is 4.23. The molecule has 0 aromatic heterocycles. The van der Waals surface area contributed by atoms with Crippen LogP contribution in [0.15, 0.2) is 85.5 Å². The lowest BCUT2D eigenvalue weighted by Crippen LogP contribution is -2.10. The van der Waals surface area contributed by atoms with Crippen LogP contribution in [-0.4, -0.2) is 25.2 Å². The average Bonchev–Trinajstić information content (AvgIpc) is 2.82. The van der Waals surface area contributed by atoms with Crippen LogP contribution in [0.5, 0.6) is 11.5 Å². The second kappa shape index (κ2) is 10.8. The Morgan fingerprint density at radius 1 is 0.806 bits per heavy atom. The van der Waals surface area contributed by atoms with Crippen LogP contribution in [0.3, 0.4) is 0 Å². The first-order valence-corrected chi connectivity index (χ1v) is 10.0. The monoisotopic (exact) mass is 416 g/mol. The minimum absolute atomic E-state index is 0.172. The summed E-state index contributed by atoms with van der Waals surface area (Å²) in [6.07, 6.45) is 1.47. The zero-order valence-electron chi connectivity index (χ0n) is 17.4. The summed E-state index contributed by atoms with van der Waals surface area (Å²) >= 11 is 0. The van der Waals surface area contributed by atoms with Gasteiger partial charge in [-0.25, -0.2) is 4.79 Å². The van der Waals surface area contributed by atoms with E-state index < -0.39 is 5.97 Å². The lowest BCUT2D eigenvalue weighted by Gasteiger charge is -2.09. The second-order valence-electron chi connectivity index (χ2n) is 6.68. The minimum atomic E-state index is -0.463. The molecule has 0 heterocycles. The molecule has 3 aromatic rings. The second-order valence-corrected chi connectivity index (χ2v) is 6.68. The predicted octanol–water partition coefficient (Wildman–Crippen LogP) is 5.44. The summed E-state index contributed by atoms with van der Waals surface area (Å²) in [4.78, 5) is 22.4. The Labute approximate surface area is 181 Å². The number of carbonyl (C=O) groups excluding carboxylic acids is 2. The molecular formula is C26H24O5. The van der Waals surface area contributed by atoms with Gasteiger partial charge in [-0.1, -0.05) is 56.0 Å². The van der Waals surface area contributed by atoms with Gasteiger partial charge in [-0.3, -0.25) is 4.79 Å². The van der Waals surface area contributed by atoms with Crippen molar-refractivity contribution in [3.05, 3.63) is 85.5 Å². The molecule has 0 spiro atoms. The highest BCUT2D eigenvalue weighted by Crippen LogP contribution is 2.28. The number of esters is 2. The highest BCUT2D eigenvalue weighted by molar-refractivity contribution is 5.81. The number of carbonyl (C=O) groups is 2. The molecule has 0 saturated carbocycles. The van der Waals surface area contributed by atoms with Crippen molar-refractivity contribution >= 4 is 11.9 Å². The van der Waals surface area contributed by atoms with Gasteiger partial charge in [-0.05, 0) is 52.6 Å². The maximum Gasteiger partial charge on any atom is 0.330 e. The number of benzene rings is 3. The molecule has 5 nitrogen and oxygen atoms in total. The van der Waals surface area contributed by atoms with E-state index in [-0.39, 0.29) is 19.2 Å². The Balaban J connectivity index is 1.65. The summed E-state index contributed by atoms with van der Waals surface area (Å²) in [5, 5.41) is 0. The molecule has 5 heteroatoms. The molecule has 0 aliphatic rings. The van der Waals surface area contributed by atoms with Crippen LogP contribution < -0.4 is 9.47 Å². The normalized spacial score (nSPS) is 10.2. The van der Waals surface area contributed by atoms with Crippen LogP contribution in [-0.2, 0) is 14.3 Å². The van der Waals surface area contributed by atoms with E-state index >= 15 is 0 Å². The maximum absolute atomic E-state index is 11.4. The Hall–Kier alpha value is -3.86. The standard InChI is InChI=1S/C26H24O5/c1-3-25(27)30-17-16-29-23-12-8-19(9-13-23)21-6-5-7-22(18-21)20-10-14-24(15-11-20)31-26(28)4-2/h3,5-15,18H,1,4,16-17H2,2H3. The van der Waals surface area contributed by atoms with Gasteiger partial charge in [0.05, 0.1) is 0 Å². The van der Waals surface area contributed by atoms with E-state index in [1.807, 2.05) is 54.6 Å². The first-order valence-electron chi connectivity index (χ1n) is 10.0. The van der Waals surface area contributed by atoms with E-state index in [9.17, 15) is 9.59 Å². The molecular weight excluding hydrogens is 392 g/mol. The van der Waals surface area contributed by atoms with Gasteiger partial charge in [-0.2, -0.15) is 0 Å². The van der Waals surface area contributed by atoms with Crippen molar-refractivity contribution in [1.82, 2.24) is 0 Å². The first-order chi connectivity index (χ1) is 15.1. The Kier molecular flexibility index (Phi) is 7.60.